The predicted octanol–water partition coefficient (Wildman–Crippen LogP) is 2.95. The van der Waals surface area contributed by atoms with E-state index in [4.69, 9.17) is 4.74 Å². The zero-order valence-electron chi connectivity index (χ0n) is 14.7. The summed E-state index contributed by atoms with van der Waals surface area (Å²) in [5.41, 5.74) is 0.00272. The molecule has 2 aromatic carbocycles. The molecule has 2 rings (SSSR count). The van der Waals surface area contributed by atoms with Crippen molar-refractivity contribution in [2.24, 2.45) is 0 Å². The molecule has 0 aromatic heterocycles. The molecule has 27 heavy (non-hydrogen) atoms. The fourth-order valence-corrected chi connectivity index (χ4v) is 2.37. The van der Waals surface area contributed by atoms with Crippen LogP contribution < -0.4 is 9.64 Å². The van der Waals surface area contributed by atoms with E-state index in [-0.39, 0.29) is 11.3 Å². The van der Waals surface area contributed by atoms with Gasteiger partial charge in [-0.15, -0.1) is 0 Å². The number of carbonyl (C=O) groups excluding carboxylic acids is 2. The summed E-state index contributed by atoms with van der Waals surface area (Å²) in [5, 5.41) is 11.2. The summed E-state index contributed by atoms with van der Waals surface area (Å²) in [4.78, 5) is 35.8. The number of amides is 1. The van der Waals surface area contributed by atoms with Crippen LogP contribution in [0.1, 0.15) is 17.3 Å². The Morgan fingerprint density at radius 3 is 2.41 bits per heavy atom. The lowest BCUT2D eigenvalue weighted by atomic mass is 10.2. The third-order valence-corrected chi connectivity index (χ3v) is 3.68. The number of nitro groups is 1. The highest BCUT2D eigenvalue weighted by molar-refractivity contribution is 5.94. The minimum absolute atomic E-state index is 0.00984. The van der Waals surface area contributed by atoms with Crippen molar-refractivity contribution in [3.05, 3.63) is 64.0 Å². The van der Waals surface area contributed by atoms with E-state index >= 15 is 0 Å². The molecule has 0 saturated carbocycles. The summed E-state index contributed by atoms with van der Waals surface area (Å²) in [6.07, 6.45) is 0. The Morgan fingerprint density at radius 1 is 1.19 bits per heavy atom. The average Bonchev–Trinajstić information content (AvgIpc) is 2.67. The van der Waals surface area contributed by atoms with E-state index in [1.54, 1.807) is 6.92 Å². The number of hydrogen-bond acceptors (Lipinski definition) is 6. The zero-order valence-corrected chi connectivity index (χ0v) is 14.7. The lowest BCUT2D eigenvalue weighted by Crippen LogP contribution is -2.34. The maximum absolute atomic E-state index is 13.0. The van der Waals surface area contributed by atoms with Crippen molar-refractivity contribution in [3.63, 3.8) is 0 Å². The molecule has 2 aromatic rings. The van der Waals surface area contributed by atoms with E-state index in [0.29, 0.717) is 12.2 Å². The van der Waals surface area contributed by atoms with Crippen molar-refractivity contribution in [2.75, 3.05) is 25.2 Å². The first-order valence-electron chi connectivity index (χ1n) is 7.92. The lowest BCUT2D eigenvalue weighted by Gasteiger charge is -2.21. The molecule has 0 aliphatic carbocycles. The molecule has 1 amide bonds. The van der Waals surface area contributed by atoms with Gasteiger partial charge in [-0.2, -0.15) is 0 Å². The quantitative estimate of drug-likeness (QED) is 0.418. The Hall–Kier alpha value is -3.49. The maximum atomic E-state index is 13.0. The zero-order chi connectivity index (χ0) is 20.0. The molecule has 0 heterocycles. The number of ether oxygens (including phenoxy) is 2. The predicted molar refractivity (Wildman–Crippen MR) is 94.4 cm³/mol. The Labute approximate surface area is 154 Å². The molecule has 0 spiro atoms. The first-order chi connectivity index (χ1) is 12.9. The van der Waals surface area contributed by atoms with Crippen LogP contribution >= 0.6 is 0 Å². The van der Waals surface area contributed by atoms with E-state index in [9.17, 15) is 24.1 Å². The fraction of sp³-hybridized carbons (Fsp3) is 0.222. The highest BCUT2D eigenvalue weighted by atomic mass is 19.1. The number of rotatable bonds is 7. The summed E-state index contributed by atoms with van der Waals surface area (Å²) < 4.78 is 22.9. The van der Waals surface area contributed by atoms with E-state index in [2.05, 4.69) is 4.74 Å². The number of likely N-dealkylation sites (N-methyl/N-ethyl adjacent to an activating group) is 1. The smallest absolute Gasteiger partial charge is 0.338 e. The molecule has 0 saturated heterocycles. The summed E-state index contributed by atoms with van der Waals surface area (Å²) in [7, 11) is 1.16. The van der Waals surface area contributed by atoms with Crippen molar-refractivity contribution in [1.29, 1.82) is 0 Å². The number of hydrogen-bond donors (Lipinski definition) is 0. The normalized spacial score (nSPS) is 10.2. The molecule has 8 nitrogen and oxygen atoms in total. The summed E-state index contributed by atoms with van der Waals surface area (Å²) in [5.74, 6) is -1.78. The minimum atomic E-state index is -0.728. The fourth-order valence-electron chi connectivity index (χ4n) is 2.37. The maximum Gasteiger partial charge on any atom is 0.338 e. The van der Waals surface area contributed by atoms with Gasteiger partial charge in [0.25, 0.3) is 5.91 Å². The SMILES string of the molecule is CCN(C(=O)COc1ccc(C(=O)OC)cc1[N+](=O)[O-])c1ccc(F)cc1. The Bertz CT molecular complexity index is 853. The van der Waals surface area contributed by atoms with Crippen LogP contribution in [0.5, 0.6) is 5.75 Å². The number of carbonyl (C=O) groups is 2. The van der Waals surface area contributed by atoms with Crippen molar-refractivity contribution in [3.8, 4) is 5.75 Å². The van der Waals surface area contributed by atoms with E-state index in [1.807, 2.05) is 0 Å². The minimum Gasteiger partial charge on any atom is -0.477 e. The van der Waals surface area contributed by atoms with Crippen LogP contribution in [-0.2, 0) is 9.53 Å². The monoisotopic (exact) mass is 376 g/mol. The van der Waals surface area contributed by atoms with E-state index in [0.717, 1.165) is 13.2 Å². The Kier molecular flexibility index (Phi) is 6.42. The molecule has 0 atom stereocenters. The highest BCUT2D eigenvalue weighted by Crippen LogP contribution is 2.28. The molecular formula is C18H17FN2O6. The van der Waals surface area contributed by atoms with Crippen molar-refractivity contribution in [1.82, 2.24) is 0 Å². The summed E-state index contributed by atoms with van der Waals surface area (Å²) in [6, 6.07) is 8.89. The number of halogens is 1. The second-order valence-electron chi connectivity index (χ2n) is 5.33. The van der Waals surface area contributed by atoms with Gasteiger partial charge in [0.15, 0.2) is 12.4 Å². The van der Waals surface area contributed by atoms with Crippen molar-refractivity contribution >= 4 is 23.3 Å². The Balaban J connectivity index is 2.16. The third kappa shape index (κ3) is 4.78. The molecule has 0 unspecified atom stereocenters. The molecule has 142 valence electrons. The van der Waals surface area contributed by atoms with Crippen LogP contribution in [-0.4, -0.2) is 37.1 Å². The third-order valence-electron chi connectivity index (χ3n) is 3.68. The highest BCUT2D eigenvalue weighted by Gasteiger charge is 2.21. The van der Waals surface area contributed by atoms with Gasteiger partial charge in [-0.1, -0.05) is 0 Å². The van der Waals surface area contributed by atoms with Gasteiger partial charge in [0.1, 0.15) is 5.82 Å². The lowest BCUT2D eigenvalue weighted by molar-refractivity contribution is -0.385. The van der Waals surface area contributed by atoms with Gasteiger partial charge in [0.2, 0.25) is 0 Å². The topological polar surface area (TPSA) is 99.0 Å². The van der Waals surface area contributed by atoms with Gasteiger partial charge in [-0.3, -0.25) is 14.9 Å². The van der Waals surface area contributed by atoms with Crippen LogP contribution in [0.2, 0.25) is 0 Å². The molecule has 0 radical (unpaired) electrons. The van der Waals surface area contributed by atoms with Gasteiger partial charge >= 0.3 is 11.7 Å². The molecule has 9 heteroatoms. The molecule has 0 N–H and O–H groups in total. The number of esters is 1. The molecule has 0 fully saturated rings. The molecule has 0 bridgehead atoms. The van der Waals surface area contributed by atoms with Gasteiger partial charge in [0.05, 0.1) is 17.6 Å². The van der Waals surface area contributed by atoms with Gasteiger partial charge in [0, 0.05) is 18.3 Å². The van der Waals surface area contributed by atoms with Gasteiger partial charge in [-0.25, -0.2) is 9.18 Å². The molecular weight excluding hydrogens is 359 g/mol. The summed E-state index contributed by atoms with van der Waals surface area (Å²) >= 11 is 0. The van der Waals surface area contributed by atoms with E-state index < -0.39 is 34.9 Å². The second-order valence-corrected chi connectivity index (χ2v) is 5.33. The Morgan fingerprint density at radius 2 is 1.85 bits per heavy atom. The second kappa shape index (κ2) is 8.75. The molecule has 0 aliphatic heterocycles. The molecule has 0 aliphatic rings. The number of methoxy groups -OCH3 is 1. The van der Waals surface area contributed by atoms with Crippen LogP contribution in [0.3, 0.4) is 0 Å². The first-order valence-corrected chi connectivity index (χ1v) is 7.92. The van der Waals surface area contributed by atoms with Crippen LogP contribution in [0.15, 0.2) is 42.5 Å². The van der Waals surface area contributed by atoms with Crippen LogP contribution in [0, 0.1) is 15.9 Å². The standard InChI is InChI=1S/C18H17FN2O6/c1-3-20(14-7-5-13(19)6-8-14)17(22)11-27-16-9-4-12(18(23)26-2)10-15(16)21(24)25/h4-10H,3,11H2,1-2H3. The number of nitrogens with zero attached hydrogens (tertiary/aromatic N) is 2. The van der Waals surface area contributed by atoms with E-state index in [1.165, 1.54) is 41.3 Å². The van der Waals surface area contributed by atoms with Crippen molar-refractivity contribution < 1.29 is 28.4 Å². The van der Waals surface area contributed by atoms with Crippen LogP contribution in [0.25, 0.3) is 0 Å². The van der Waals surface area contributed by atoms with Crippen LogP contribution in [0.4, 0.5) is 15.8 Å². The largest absolute Gasteiger partial charge is 0.477 e. The van der Waals surface area contributed by atoms with Crippen molar-refractivity contribution in [2.45, 2.75) is 6.92 Å². The first kappa shape index (κ1) is 19.8. The van der Waals surface area contributed by atoms with Gasteiger partial charge in [-0.05, 0) is 43.3 Å². The summed E-state index contributed by atoms with van der Waals surface area (Å²) in [6.45, 7) is 1.57. The average molecular weight is 376 g/mol. The van der Waals surface area contributed by atoms with Gasteiger partial charge < -0.3 is 14.4 Å². The number of nitro benzene ring substituents is 1. The number of benzene rings is 2. The number of anilines is 1.